The van der Waals surface area contributed by atoms with Crippen LogP contribution >= 0.6 is 24.0 Å². The second kappa shape index (κ2) is 10.1. The minimum absolute atomic E-state index is 0.106. The van der Waals surface area contributed by atoms with Crippen LogP contribution in [-0.4, -0.2) is 32.6 Å². The Hall–Kier alpha value is -2.77. The number of amides is 2. The van der Waals surface area contributed by atoms with Crippen molar-refractivity contribution in [2.24, 2.45) is 0 Å². The monoisotopic (exact) mass is 423 g/mol. The molecular formula is C22H21N3O2S2. The lowest BCUT2D eigenvalue weighted by Gasteiger charge is -2.14. The van der Waals surface area contributed by atoms with Crippen molar-refractivity contribution in [3.63, 3.8) is 0 Å². The summed E-state index contributed by atoms with van der Waals surface area (Å²) in [7, 11) is 0. The second-order valence-corrected chi connectivity index (χ2v) is 8.17. The molecule has 2 heterocycles. The maximum atomic E-state index is 12.7. The number of rotatable bonds is 7. The first-order valence-corrected chi connectivity index (χ1v) is 10.4. The predicted molar refractivity (Wildman–Crippen MR) is 122 cm³/mol. The van der Waals surface area contributed by atoms with Crippen LogP contribution in [0.15, 0.2) is 71.3 Å². The number of nitrogens with zero attached hydrogens (tertiary/aromatic N) is 2. The number of anilines is 1. The largest absolute Gasteiger partial charge is 0.311 e. The minimum atomic E-state index is -0.133. The molecule has 0 spiro atoms. The normalized spacial score (nSPS) is 15.8. The molecule has 2 amide bonds. The molecule has 1 N–H and O–H groups in total. The van der Waals surface area contributed by atoms with E-state index in [1.54, 1.807) is 23.2 Å². The third kappa shape index (κ3) is 6.10. The molecule has 1 aliphatic rings. The number of benzene rings is 1. The molecule has 0 atom stereocenters. The van der Waals surface area contributed by atoms with Gasteiger partial charge in [0.05, 0.1) is 4.91 Å². The molecule has 5 nitrogen and oxygen atoms in total. The molecule has 148 valence electrons. The van der Waals surface area contributed by atoms with Gasteiger partial charge in [-0.2, -0.15) is 0 Å². The van der Waals surface area contributed by atoms with Crippen LogP contribution in [0.25, 0.3) is 6.08 Å². The molecule has 3 rings (SSSR count). The summed E-state index contributed by atoms with van der Waals surface area (Å²) in [5.41, 5.74) is 2.06. The van der Waals surface area contributed by atoms with Crippen LogP contribution in [0, 0.1) is 0 Å². The van der Waals surface area contributed by atoms with Gasteiger partial charge in [0.15, 0.2) is 0 Å². The maximum Gasteiger partial charge on any atom is 0.266 e. The van der Waals surface area contributed by atoms with Gasteiger partial charge in [0, 0.05) is 19.2 Å². The third-order valence-corrected chi connectivity index (χ3v) is 5.52. The minimum Gasteiger partial charge on any atom is -0.311 e. The second-order valence-electron chi connectivity index (χ2n) is 6.50. The number of allylic oxidation sites excluding steroid dienone is 2. The van der Waals surface area contributed by atoms with Gasteiger partial charge in [-0.1, -0.05) is 66.5 Å². The highest BCUT2D eigenvalue weighted by atomic mass is 32.2. The number of aromatic nitrogens is 1. The van der Waals surface area contributed by atoms with Crippen LogP contribution in [0.2, 0.25) is 0 Å². The van der Waals surface area contributed by atoms with Crippen LogP contribution in [0.4, 0.5) is 5.82 Å². The van der Waals surface area contributed by atoms with E-state index in [4.69, 9.17) is 12.2 Å². The van der Waals surface area contributed by atoms with Crippen LogP contribution in [-0.2, 0) is 9.59 Å². The van der Waals surface area contributed by atoms with Gasteiger partial charge in [0.1, 0.15) is 10.1 Å². The fourth-order valence-corrected chi connectivity index (χ4v) is 4.15. The first-order valence-electron chi connectivity index (χ1n) is 9.22. The Labute approximate surface area is 179 Å². The Balaban J connectivity index is 1.53. The van der Waals surface area contributed by atoms with Gasteiger partial charge < -0.3 is 5.32 Å². The number of carbonyl (C=O) groups is 2. The summed E-state index contributed by atoms with van der Waals surface area (Å²) >= 11 is 6.66. The zero-order valence-corrected chi connectivity index (χ0v) is 17.6. The lowest BCUT2D eigenvalue weighted by Crippen LogP contribution is -2.29. The lowest BCUT2D eigenvalue weighted by molar-refractivity contribution is -0.122. The van der Waals surface area contributed by atoms with Gasteiger partial charge in [0.25, 0.3) is 5.91 Å². The fraction of sp³-hybridized carbons (Fsp3) is 0.182. The Morgan fingerprint density at radius 3 is 2.69 bits per heavy atom. The Morgan fingerprint density at radius 2 is 1.97 bits per heavy atom. The molecule has 1 fully saturated rings. The van der Waals surface area contributed by atoms with Crippen molar-refractivity contribution in [1.29, 1.82) is 0 Å². The predicted octanol–water partition coefficient (Wildman–Crippen LogP) is 4.65. The van der Waals surface area contributed by atoms with E-state index in [0.717, 1.165) is 11.1 Å². The van der Waals surface area contributed by atoms with Crippen LogP contribution in [0.1, 0.15) is 25.3 Å². The standard InChI is InChI=1S/C22H21N3O2S2/c1-16(14-17-8-3-2-4-9-17)15-18-21(27)25(22(28)29-18)13-7-11-20(26)24-19-10-5-6-12-23-19/h2-6,8-10,12,14-15H,7,11,13H2,1H3,(H,23,24,26)/b16-14+,18-15-. The molecule has 1 aliphatic heterocycles. The van der Waals surface area contributed by atoms with Crippen LogP contribution in [0.5, 0.6) is 0 Å². The smallest absolute Gasteiger partial charge is 0.266 e. The highest BCUT2D eigenvalue weighted by Crippen LogP contribution is 2.32. The first-order chi connectivity index (χ1) is 14.0. The molecule has 29 heavy (non-hydrogen) atoms. The molecule has 1 aromatic carbocycles. The van der Waals surface area contributed by atoms with E-state index in [1.165, 1.54) is 11.8 Å². The van der Waals surface area contributed by atoms with Gasteiger partial charge in [-0.05, 0) is 42.7 Å². The van der Waals surface area contributed by atoms with Crippen LogP contribution in [0.3, 0.4) is 0 Å². The van der Waals surface area contributed by atoms with E-state index < -0.39 is 0 Å². The molecule has 2 aromatic rings. The van der Waals surface area contributed by atoms with Gasteiger partial charge in [-0.25, -0.2) is 4.98 Å². The summed E-state index contributed by atoms with van der Waals surface area (Å²) in [4.78, 5) is 30.9. The van der Waals surface area contributed by atoms with Crippen molar-refractivity contribution in [3.8, 4) is 0 Å². The molecule has 1 aromatic heterocycles. The van der Waals surface area contributed by atoms with E-state index in [2.05, 4.69) is 10.3 Å². The van der Waals surface area contributed by atoms with E-state index in [1.807, 2.05) is 55.5 Å². The van der Waals surface area contributed by atoms with Crippen molar-refractivity contribution in [2.75, 3.05) is 11.9 Å². The van der Waals surface area contributed by atoms with E-state index in [-0.39, 0.29) is 11.8 Å². The SMILES string of the molecule is CC(/C=C1\SC(=S)N(CCCC(=O)Nc2ccccn2)C1=O)=C\c1ccccc1. The van der Waals surface area contributed by atoms with Crippen molar-refractivity contribution >= 4 is 52.0 Å². The highest BCUT2D eigenvalue weighted by molar-refractivity contribution is 8.26. The number of carbonyl (C=O) groups excluding carboxylic acids is 2. The highest BCUT2D eigenvalue weighted by Gasteiger charge is 2.31. The molecular weight excluding hydrogens is 402 g/mol. The summed E-state index contributed by atoms with van der Waals surface area (Å²) in [6, 6.07) is 15.3. The summed E-state index contributed by atoms with van der Waals surface area (Å²) < 4.78 is 0.527. The number of pyridine rings is 1. The zero-order chi connectivity index (χ0) is 20.6. The number of hydrogen-bond acceptors (Lipinski definition) is 5. The van der Waals surface area contributed by atoms with Gasteiger partial charge in [0.2, 0.25) is 5.91 Å². The van der Waals surface area contributed by atoms with Gasteiger partial charge in [-0.3, -0.25) is 14.5 Å². The van der Waals surface area contributed by atoms with Crippen molar-refractivity contribution in [3.05, 3.63) is 76.8 Å². The van der Waals surface area contributed by atoms with E-state index in [0.29, 0.717) is 34.4 Å². The summed E-state index contributed by atoms with van der Waals surface area (Å²) in [6.45, 7) is 2.38. The molecule has 1 saturated heterocycles. The number of thioether (sulfide) groups is 1. The van der Waals surface area contributed by atoms with Crippen molar-refractivity contribution in [1.82, 2.24) is 9.88 Å². The average Bonchev–Trinajstić information content (AvgIpc) is 2.96. The molecule has 0 aliphatic carbocycles. The topological polar surface area (TPSA) is 62.3 Å². The lowest BCUT2D eigenvalue weighted by atomic mass is 10.1. The van der Waals surface area contributed by atoms with Crippen LogP contribution < -0.4 is 5.32 Å². The fourth-order valence-electron chi connectivity index (χ4n) is 2.79. The number of thiocarbonyl (C=S) groups is 1. The Bertz CT molecular complexity index is 957. The summed E-state index contributed by atoms with van der Waals surface area (Å²) in [5, 5.41) is 2.74. The number of hydrogen-bond donors (Lipinski definition) is 1. The van der Waals surface area contributed by atoms with E-state index >= 15 is 0 Å². The molecule has 0 unspecified atom stereocenters. The van der Waals surface area contributed by atoms with Crippen molar-refractivity contribution in [2.45, 2.75) is 19.8 Å². The van der Waals surface area contributed by atoms with Crippen molar-refractivity contribution < 1.29 is 9.59 Å². The summed E-state index contributed by atoms with van der Waals surface area (Å²) in [6.07, 6.45) is 6.32. The maximum absolute atomic E-state index is 12.7. The van der Waals surface area contributed by atoms with Gasteiger partial charge >= 0.3 is 0 Å². The average molecular weight is 424 g/mol. The first kappa shape index (κ1) is 21.0. The molecule has 7 heteroatoms. The zero-order valence-electron chi connectivity index (χ0n) is 16.0. The third-order valence-electron chi connectivity index (χ3n) is 4.14. The Morgan fingerprint density at radius 1 is 1.21 bits per heavy atom. The number of nitrogens with one attached hydrogen (secondary N) is 1. The van der Waals surface area contributed by atoms with Gasteiger partial charge in [-0.15, -0.1) is 0 Å². The molecule has 0 bridgehead atoms. The quantitative estimate of drug-likeness (QED) is 0.519. The molecule has 0 saturated carbocycles. The summed E-state index contributed by atoms with van der Waals surface area (Å²) in [5.74, 6) is 0.281. The van der Waals surface area contributed by atoms with E-state index in [9.17, 15) is 9.59 Å². The molecule has 0 radical (unpaired) electrons. The Kier molecular flexibility index (Phi) is 7.32.